The van der Waals surface area contributed by atoms with E-state index >= 15 is 0 Å². The number of fused-ring (bicyclic) bond motifs is 1. The van der Waals surface area contributed by atoms with Gasteiger partial charge in [-0.3, -0.25) is 9.59 Å². The van der Waals surface area contributed by atoms with Crippen LogP contribution in [0, 0.1) is 16.7 Å². The van der Waals surface area contributed by atoms with Crippen LogP contribution in [0.3, 0.4) is 0 Å². The minimum Gasteiger partial charge on any atom is -0.468 e. The summed E-state index contributed by atoms with van der Waals surface area (Å²) < 4.78 is 9.51. The molecule has 5 nitrogen and oxygen atoms in total. The van der Waals surface area contributed by atoms with Crippen molar-refractivity contribution in [2.24, 2.45) is 16.7 Å². The Bertz CT molecular complexity index is 398. The molecule has 0 N–H and O–H groups in total. The molecule has 0 aromatic carbocycles. The van der Waals surface area contributed by atoms with E-state index in [-0.39, 0.29) is 17.1 Å². The van der Waals surface area contributed by atoms with Gasteiger partial charge in [0.1, 0.15) is 5.78 Å². The molecule has 0 radical (unpaired) electrons. The number of hydrogen-bond acceptors (Lipinski definition) is 5. The Hall–Kier alpha value is -1.39. The van der Waals surface area contributed by atoms with Gasteiger partial charge in [0.2, 0.25) is 0 Å². The lowest BCUT2D eigenvalue weighted by Crippen LogP contribution is -2.40. The fourth-order valence-corrected chi connectivity index (χ4v) is 3.59. The highest BCUT2D eigenvalue weighted by atomic mass is 16.5. The third kappa shape index (κ3) is 1.72. The third-order valence-electron chi connectivity index (χ3n) is 4.36. The van der Waals surface area contributed by atoms with Crippen molar-refractivity contribution in [2.45, 2.75) is 32.6 Å². The minimum atomic E-state index is -1.19. The first kappa shape index (κ1) is 13.1. The predicted octanol–water partition coefficient (Wildman–Crippen LogP) is 1.10. The molecular weight excluding hydrogens is 236 g/mol. The van der Waals surface area contributed by atoms with E-state index in [2.05, 4.69) is 0 Å². The molecule has 100 valence electrons. The number of methoxy groups -OCH3 is 2. The van der Waals surface area contributed by atoms with E-state index in [0.29, 0.717) is 19.3 Å². The van der Waals surface area contributed by atoms with Crippen LogP contribution >= 0.6 is 0 Å². The van der Waals surface area contributed by atoms with Crippen LogP contribution in [-0.4, -0.2) is 31.9 Å². The molecule has 0 aromatic rings. The number of carbonyl (C=O) groups excluding carboxylic acids is 3. The molecule has 2 saturated carbocycles. The second kappa shape index (κ2) is 4.07. The molecule has 2 atom stereocenters. The number of Topliss-reactive ketones (excluding diaryl/α,β-unsaturated/α-hetero) is 1. The number of carbonyl (C=O) groups is 3. The van der Waals surface area contributed by atoms with Crippen LogP contribution in [0.15, 0.2) is 0 Å². The first-order valence-corrected chi connectivity index (χ1v) is 6.06. The molecule has 5 heteroatoms. The zero-order valence-electron chi connectivity index (χ0n) is 10.9. The van der Waals surface area contributed by atoms with Crippen LogP contribution in [-0.2, 0) is 23.9 Å². The van der Waals surface area contributed by atoms with Crippen molar-refractivity contribution < 1.29 is 23.9 Å². The van der Waals surface area contributed by atoms with Crippen LogP contribution in [0.5, 0.6) is 0 Å². The molecule has 2 aliphatic carbocycles. The fraction of sp³-hybridized carbons (Fsp3) is 0.769. The average molecular weight is 254 g/mol. The van der Waals surface area contributed by atoms with Gasteiger partial charge in [0.15, 0.2) is 5.41 Å². The van der Waals surface area contributed by atoms with Gasteiger partial charge >= 0.3 is 11.9 Å². The highest BCUT2D eigenvalue weighted by Crippen LogP contribution is 2.71. The third-order valence-corrected chi connectivity index (χ3v) is 4.36. The Morgan fingerprint density at radius 1 is 1.11 bits per heavy atom. The highest BCUT2D eigenvalue weighted by molar-refractivity contribution is 6.01. The van der Waals surface area contributed by atoms with Gasteiger partial charge < -0.3 is 14.3 Å². The molecule has 2 fully saturated rings. The first-order valence-electron chi connectivity index (χ1n) is 6.06. The first-order chi connectivity index (χ1) is 8.40. The largest absolute Gasteiger partial charge is 0.468 e. The van der Waals surface area contributed by atoms with Crippen molar-refractivity contribution in [2.75, 3.05) is 14.2 Å². The van der Waals surface area contributed by atoms with Crippen LogP contribution in [0.25, 0.3) is 0 Å². The fourth-order valence-electron chi connectivity index (χ4n) is 3.59. The van der Waals surface area contributed by atoms with Crippen molar-refractivity contribution in [3.05, 3.63) is 0 Å². The van der Waals surface area contributed by atoms with Gasteiger partial charge in [-0.15, -0.1) is 0 Å². The van der Waals surface area contributed by atoms with Gasteiger partial charge in [0.05, 0.1) is 14.2 Å². The average Bonchev–Trinajstić information content (AvgIpc) is 2.87. The van der Waals surface area contributed by atoms with E-state index in [1.807, 2.05) is 0 Å². The van der Waals surface area contributed by atoms with E-state index in [9.17, 15) is 14.4 Å². The lowest BCUT2D eigenvalue weighted by Gasteiger charge is -2.26. The van der Waals surface area contributed by atoms with Crippen LogP contribution in [0.1, 0.15) is 32.6 Å². The van der Waals surface area contributed by atoms with Crippen LogP contribution < -0.4 is 0 Å². The number of ketones is 1. The van der Waals surface area contributed by atoms with E-state index < -0.39 is 17.4 Å². The summed E-state index contributed by atoms with van der Waals surface area (Å²) in [6.45, 7) is 1.54. The van der Waals surface area contributed by atoms with E-state index in [1.165, 1.54) is 14.2 Å². The van der Waals surface area contributed by atoms with Crippen molar-refractivity contribution >= 4 is 17.7 Å². The maximum atomic E-state index is 11.9. The van der Waals surface area contributed by atoms with E-state index in [0.717, 1.165) is 6.42 Å². The second-order valence-corrected chi connectivity index (χ2v) is 5.59. The summed E-state index contributed by atoms with van der Waals surface area (Å²) in [6, 6.07) is 0. The summed E-state index contributed by atoms with van der Waals surface area (Å²) in [7, 11) is 2.54. The SMILES string of the molecule is COC(=O)C1(C(=O)OC)C[C@H]2C[C@@]2(CC(C)=O)C1. The van der Waals surface area contributed by atoms with Gasteiger partial charge in [-0.05, 0) is 37.5 Å². The van der Waals surface area contributed by atoms with E-state index in [1.54, 1.807) is 6.92 Å². The summed E-state index contributed by atoms with van der Waals surface area (Å²) in [6.07, 6.45) is 2.18. The Balaban J connectivity index is 2.24. The summed E-state index contributed by atoms with van der Waals surface area (Å²) >= 11 is 0. The molecular formula is C13H18O5. The topological polar surface area (TPSA) is 69.7 Å². The van der Waals surface area contributed by atoms with E-state index in [4.69, 9.17) is 9.47 Å². The maximum Gasteiger partial charge on any atom is 0.323 e. The van der Waals surface area contributed by atoms with Gasteiger partial charge in [0, 0.05) is 6.42 Å². The van der Waals surface area contributed by atoms with Gasteiger partial charge in [-0.2, -0.15) is 0 Å². The molecule has 0 unspecified atom stereocenters. The summed E-state index contributed by atoms with van der Waals surface area (Å²) in [5.74, 6) is -0.711. The minimum absolute atomic E-state index is 0.100. The Morgan fingerprint density at radius 2 is 1.67 bits per heavy atom. The number of esters is 2. The van der Waals surface area contributed by atoms with Gasteiger partial charge in [-0.25, -0.2) is 0 Å². The Kier molecular flexibility index (Phi) is 2.95. The molecule has 18 heavy (non-hydrogen) atoms. The molecule has 0 aliphatic heterocycles. The lowest BCUT2D eigenvalue weighted by molar-refractivity contribution is -0.170. The Morgan fingerprint density at radius 3 is 2.11 bits per heavy atom. The number of rotatable bonds is 4. The highest BCUT2D eigenvalue weighted by Gasteiger charge is 2.71. The molecule has 0 bridgehead atoms. The van der Waals surface area contributed by atoms with Crippen LogP contribution in [0.2, 0.25) is 0 Å². The molecule has 0 aromatic heterocycles. The van der Waals surface area contributed by atoms with Gasteiger partial charge in [-0.1, -0.05) is 0 Å². The normalized spacial score (nSPS) is 31.4. The molecule has 0 amide bonds. The standard InChI is InChI=1S/C13H18O5/c1-8(14)4-12-5-9(12)6-13(7-12,10(15)17-2)11(16)18-3/h9H,4-7H2,1-3H3/t9-,12+/m1/s1. The van der Waals surface area contributed by atoms with Crippen molar-refractivity contribution in [1.82, 2.24) is 0 Å². The quantitative estimate of drug-likeness (QED) is 0.555. The Labute approximate surface area is 106 Å². The van der Waals surface area contributed by atoms with Crippen molar-refractivity contribution in [3.8, 4) is 0 Å². The maximum absolute atomic E-state index is 11.9. The van der Waals surface area contributed by atoms with Crippen molar-refractivity contribution in [1.29, 1.82) is 0 Å². The second-order valence-electron chi connectivity index (χ2n) is 5.59. The summed E-state index contributed by atoms with van der Waals surface area (Å²) in [5.41, 5.74) is -1.36. The molecule has 0 heterocycles. The zero-order valence-corrected chi connectivity index (χ0v) is 10.9. The zero-order chi connectivity index (χ0) is 13.6. The number of hydrogen-bond donors (Lipinski definition) is 0. The smallest absolute Gasteiger partial charge is 0.323 e. The lowest BCUT2D eigenvalue weighted by atomic mass is 9.79. The summed E-state index contributed by atoms with van der Waals surface area (Å²) in [4.78, 5) is 35.1. The molecule has 2 aliphatic rings. The monoisotopic (exact) mass is 254 g/mol. The molecule has 0 spiro atoms. The van der Waals surface area contributed by atoms with Crippen molar-refractivity contribution in [3.63, 3.8) is 0 Å². The van der Waals surface area contributed by atoms with Crippen LogP contribution in [0.4, 0.5) is 0 Å². The summed E-state index contributed by atoms with van der Waals surface area (Å²) in [5, 5.41) is 0. The number of ether oxygens (including phenoxy) is 2. The van der Waals surface area contributed by atoms with Gasteiger partial charge in [0.25, 0.3) is 0 Å². The molecule has 2 rings (SSSR count). The predicted molar refractivity (Wildman–Crippen MR) is 61.5 cm³/mol. The molecule has 0 saturated heterocycles.